The van der Waals surface area contributed by atoms with Crippen molar-refractivity contribution in [3.05, 3.63) is 68.7 Å². The molecule has 0 saturated heterocycles. The molecule has 0 unspecified atom stereocenters. The van der Waals surface area contributed by atoms with Crippen molar-refractivity contribution >= 4 is 44.4 Å². The van der Waals surface area contributed by atoms with E-state index in [1.807, 2.05) is 19.1 Å². The molecule has 0 radical (unpaired) electrons. The zero-order valence-corrected chi connectivity index (χ0v) is 17.7. The van der Waals surface area contributed by atoms with Gasteiger partial charge in [0.25, 0.3) is 11.5 Å². The first-order valence-corrected chi connectivity index (χ1v) is 9.80. The van der Waals surface area contributed by atoms with Crippen LogP contribution in [-0.2, 0) is 27.8 Å². The Morgan fingerprint density at radius 2 is 1.97 bits per heavy atom. The number of esters is 1. The summed E-state index contributed by atoms with van der Waals surface area (Å²) in [6.45, 7) is 1.53. The van der Waals surface area contributed by atoms with Crippen molar-refractivity contribution in [3.63, 3.8) is 0 Å². The summed E-state index contributed by atoms with van der Waals surface area (Å²) in [6, 6.07) is 12.5. The number of ether oxygens (including phenoxy) is 1. The van der Waals surface area contributed by atoms with Crippen molar-refractivity contribution in [2.75, 3.05) is 11.9 Å². The Balaban J connectivity index is 1.54. The maximum absolute atomic E-state index is 12.4. The van der Waals surface area contributed by atoms with Crippen LogP contribution in [0.3, 0.4) is 0 Å². The number of fused-ring (bicyclic) bond motifs is 1. The van der Waals surface area contributed by atoms with Crippen LogP contribution in [0.4, 0.5) is 5.69 Å². The van der Waals surface area contributed by atoms with Gasteiger partial charge in [-0.2, -0.15) is 0 Å². The first-order chi connectivity index (χ1) is 13.8. The monoisotopic (exact) mass is 457 g/mol. The highest BCUT2D eigenvalue weighted by Crippen LogP contribution is 2.19. The quantitative estimate of drug-likeness (QED) is 0.574. The number of hydrogen-bond donors (Lipinski definition) is 1. The van der Waals surface area contributed by atoms with E-state index < -0.39 is 11.9 Å². The van der Waals surface area contributed by atoms with E-state index in [-0.39, 0.29) is 25.0 Å². The van der Waals surface area contributed by atoms with E-state index in [1.54, 1.807) is 37.4 Å². The Kier molecular flexibility index (Phi) is 6.43. The highest BCUT2D eigenvalue weighted by atomic mass is 79.9. The average Bonchev–Trinajstić information content (AvgIpc) is 2.71. The SMILES string of the molecule is Cc1cc(NC(=O)COC(=O)CCc2nc3ccccc3c(=O)n2C)ccc1Br. The number of nitrogens with zero attached hydrogens (tertiary/aromatic N) is 2. The number of aromatic nitrogens is 2. The summed E-state index contributed by atoms with van der Waals surface area (Å²) in [7, 11) is 1.62. The van der Waals surface area contributed by atoms with E-state index in [4.69, 9.17) is 4.74 Å². The molecular formula is C21H20BrN3O4. The lowest BCUT2D eigenvalue weighted by atomic mass is 10.2. The van der Waals surface area contributed by atoms with E-state index in [9.17, 15) is 14.4 Å². The summed E-state index contributed by atoms with van der Waals surface area (Å²) in [4.78, 5) is 40.8. The fourth-order valence-electron chi connectivity index (χ4n) is 2.84. The summed E-state index contributed by atoms with van der Waals surface area (Å²) >= 11 is 3.40. The molecule has 150 valence electrons. The third-order valence-corrected chi connectivity index (χ3v) is 5.32. The van der Waals surface area contributed by atoms with Gasteiger partial charge in [-0.3, -0.25) is 19.0 Å². The number of rotatable bonds is 6. The van der Waals surface area contributed by atoms with E-state index >= 15 is 0 Å². The predicted molar refractivity (Wildman–Crippen MR) is 114 cm³/mol. The van der Waals surface area contributed by atoms with Crippen LogP contribution >= 0.6 is 15.9 Å². The van der Waals surface area contributed by atoms with Gasteiger partial charge in [-0.1, -0.05) is 28.1 Å². The van der Waals surface area contributed by atoms with Crippen LogP contribution in [0.25, 0.3) is 10.9 Å². The standard InChI is InChI=1S/C21H20BrN3O4/c1-13-11-14(7-8-16(13)22)23-19(26)12-29-20(27)10-9-18-24-17-6-4-3-5-15(17)21(28)25(18)2/h3-8,11H,9-10,12H2,1-2H3,(H,23,26). The lowest BCUT2D eigenvalue weighted by molar-refractivity contribution is -0.147. The van der Waals surface area contributed by atoms with Crippen LogP contribution in [-0.4, -0.2) is 28.0 Å². The number of halogens is 1. The van der Waals surface area contributed by atoms with Gasteiger partial charge in [0, 0.05) is 23.6 Å². The molecule has 1 aromatic heterocycles. The van der Waals surface area contributed by atoms with Crippen LogP contribution in [0, 0.1) is 6.92 Å². The molecule has 0 spiro atoms. The second kappa shape index (κ2) is 9.00. The molecule has 0 aliphatic rings. The number of anilines is 1. The van der Waals surface area contributed by atoms with Gasteiger partial charge < -0.3 is 10.1 Å². The average molecular weight is 458 g/mol. The zero-order chi connectivity index (χ0) is 21.0. The number of benzene rings is 2. The van der Waals surface area contributed by atoms with E-state index in [0.717, 1.165) is 10.0 Å². The molecule has 1 amide bonds. The van der Waals surface area contributed by atoms with Crippen molar-refractivity contribution in [2.45, 2.75) is 19.8 Å². The van der Waals surface area contributed by atoms with E-state index in [1.165, 1.54) is 4.57 Å². The number of para-hydroxylation sites is 1. The van der Waals surface area contributed by atoms with Crippen molar-refractivity contribution in [1.82, 2.24) is 9.55 Å². The molecule has 1 N–H and O–H groups in total. The smallest absolute Gasteiger partial charge is 0.306 e. The molecule has 0 aliphatic carbocycles. The minimum Gasteiger partial charge on any atom is -0.456 e. The summed E-state index contributed by atoms with van der Waals surface area (Å²) < 4.78 is 7.41. The van der Waals surface area contributed by atoms with Gasteiger partial charge in [0.1, 0.15) is 5.82 Å². The molecule has 0 fully saturated rings. The second-order valence-corrected chi connectivity index (χ2v) is 7.44. The zero-order valence-electron chi connectivity index (χ0n) is 16.1. The lowest BCUT2D eigenvalue weighted by Gasteiger charge is -2.10. The molecule has 0 atom stereocenters. The second-order valence-electron chi connectivity index (χ2n) is 6.58. The fraction of sp³-hybridized carbons (Fsp3) is 0.238. The van der Waals surface area contributed by atoms with Gasteiger partial charge in [0.15, 0.2) is 6.61 Å². The van der Waals surface area contributed by atoms with Gasteiger partial charge in [0.2, 0.25) is 0 Å². The molecular weight excluding hydrogens is 438 g/mol. The third kappa shape index (κ3) is 5.08. The van der Waals surface area contributed by atoms with Crippen molar-refractivity contribution in [1.29, 1.82) is 0 Å². The molecule has 1 heterocycles. The highest BCUT2D eigenvalue weighted by molar-refractivity contribution is 9.10. The Bertz CT molecular complexity index is 1140. The number of carbonyl (C=O) groups excluding carboxylic acids is 2. The highest BCUT2D eigenvalue weighted by Gasteiger charge is 2.12. The van der Waals surface area contributed by atoms with Crippen LogP contribution in [0.15, 0.2) is 51.7 Å². The minimum atomic E-state index is -0.533. The van der Waals surface area contributed by atoms with E-state index in [0.29, 0.717) is 22.4 Å². The molecule has 7 nitrogen and oxygen atoms in total. The van der Waals surface area contributed by atoms with E-state index in [2.05, 4.69) is 26.2 Å². The lowest BCUT2D eigenvalue weighted by Crippen LogP contribution is -2.24. The third-order valence-electron chi connectivity index (χ3n) is 4.43. The molecule has 2 aromatic carbocycles. The van der Waals surface area contributed by atoms with Crippen LogP contribution in [0.5, 0.6) is 0 Å². The maximum Gasteiger partial charge on any atom is 0.306 e. The summed E-state index contributed by atoms with van der Waals surface area (Å²) in [6.07, 6.45) is 0.256. The van der Waals surface area contributed by atoms with Crippen LogP contribution < -0.4 is 10.9 Å². The van der Waals surface area contributed by atoms with Crippen LogP contribution in [0.1, 0.15) is 17.8 Å². The number of nitrogens with one attached hydrogen (secondary N) is 1. The molecule has 0 aliphatic heterocycles. The van der Waals surface area contributed by atoms with Gasteiger partial charge >= 0.3 is 5.97 Å². The number of hydrogen-bond acceptors (Lipinski definition) is 5. The first kappa shape index (κ1) is 20.7. The normalized spacial score (nSPS) is 10.7. The molecule has 0 saturated carbocycles. The Labute approximate surface area is 175 Å². The summed E-state index contributed by atoms with van der Waals surface area (Å²) in [5.74, 6) is -0.466. The van der Waals surface area contributed by atoms with Crippen molar-refractivity contribution in [2.24, 2.45) is 7.05 Å². The Morgan fingerprint density at radius 3 is 2.72 bits per heavy atom. The molecule has 3 rings (SSSR count). The predicted octanol–water partition coefficient (Wildman–Crippen LogP) is 3.12. The topological polar surface area (TPSA) is 90.3 Å². The van der Waals surface area contributed by atoms with Gasteiger partial charge in [-0.15, -0.1) is 0 Å². The largest absolute Gasteiger partial charge is 0.456 e. The summed E-state index contributed by atoms with van der Waals surface area (Å²) in [5, 5.41) is 3.21. The first-order valence-electron chi connectivity index (χ1n) is 9.01. The van der Waals surface area contributed by atoms with Crippen molar-refractivity contribution in [3.8, 4) is 0 Å². The van der Waals surface area contributed by atoms with Gasteiger partial charge in [0.05, 0.1) is 17.3 Å². The number of amides is 1. The Morgan fingerprint density at radius 1 is 1.21 bits per heavy atom. The molecule has 29 heavy (non-hydrogen) atoms. The number of carbonyl (C=O) groups is 2. The molecule has 0 bridgehead atoms. The van der Waals surface area contributed by atoms with Crippen LogP contribution in [0.2, 0.25) is 0 Å². The number of aryl methyl sites for hydroxylation is 2. The van der Waals surface area contributed by atoms with Crippen molar-refractivity contribution < 1.29 is 14.3 Å². The summed E-state index contributed by atoms with van der Waals surface area (Å²) in [5.41, 5.74) is 2.03. The molecule has 3 aromatic rings. The Hall–Kier alpha value is -3.00. The molecule has 8 heteroatoms. The van der Waals surface area contributed by atoms with Gasteiger partial charge in [-0.05, 0) is 42.8 Å². The maximum atomic E-state index is 12.4. The minimum absolute atomic E-state index is 0.0172. The van der Waals surface area contributed by atoms with Gasteiger partial charge in [-0.25, -0.2) is 4.98 Å². The fourth-order valence-corrected chi connectivity index (χ4v) is 3.09.